The van der Waals surface area contributed by atoms with Gasteiger partial charge in [-0.15, -0.1) is 6.58 Å². The van der Waals surface area contributed by atoms with Crippen molar-refractivity contribution in [2.24, 2.45) is 0 Å². The van der Waals surface area contributed by atoms with Crippen molar-refractivity contribution in [3.63, 3.8) is 0 Å². The van der Waals surface area contributed by atoms with E-state index in [1.54, 1.807) is 21.3 Å². The first-order chi connectivity index (χ1) is 20.3. The highest BCUT2D eigenvalue weighted by Crippen LogP contribution is 2.37. The molecule has 0 amide bonds. The summed E-state index contributed by atoms with van der Waals surface area (Å²) in [6.45, 7) is 11.7. The average molecular weight is 593 g/mol. The third-order valence-corrected chi connectivity index (χ3v) is 12.6. The van der Waals surface area contributed by atoms with E-state index in [1.165, 1.54) is 10.4 Å². The molecule has 3 rings (SSSR count). The monoisotopic (exact) mass is 592 g/mol. The molecule has 6 nitrogen and oxygen atoms in total. The molecule has 0 fully saturated rings. The van der Waals surface area contributed by atoms with Crippen LogP contribution in [0.2, 0.25) is 5.04 Å². The Labute approximate surface area is 253 Å². The van der Waals surface area contributed by atoms with Crippen molar-refractivity contribution < 1.29 is 28.1 Å². The maximum Gasteiger partial charge on any atom is 0.261 e. The highest BCUT2D eigenvalue weighted by atomic mass is 28.4. The van der Waals surface area contributed by atoms with Crippen LogP contribution in [0.4, 0.5) is 0 Å². The van der Waals surface area contributed by atoms with Gasteiger partial charge in [0.15, 0.2) is 0 Å². The Balaban J connectivity index is 1.86. The van der Waals surface area contributed by atoms with Crippen LogP contribution in [-0.2, 0) is 30.0 Å². The van der Waals surface area contributed by atoms with E-state index >= 15 is 0 Å². The fourth-order valence-electron chi connectivity index (χ4n) is 5.40. The summed E-state index contributed by atoms with van der Waals surface area (Å²) >= 11 is 0. The second-order valence-electron chi connectivity index (χ2n) is 11.4. The van der Waals surface area contributed by atoms with E-state index in [9.17, 15) is 0 Å². The summed E-state index contributed by atoms with van der Waals surface area (Å²) in [6.07, 6.45) is 2.39. The lowest BCUT2D eigenvalue weighted by Crippen LogP contribution is -2.67. The maximum atomic E-state index is 7.21. The molecule has 228 valence electrons. The Bertz CT molecular complexity index is 1120. The fourth-order valence-corrected chi connectivity index (χ4v) is 9.97. The van der Waals surface area contributed by atoms with Crippen LogP contribution in [0.5, 0.6) is 5.75 Å². The molecule has 0 aliphatic carbocycles. The Hall–Kier alpha value is -2.78. The molecule has 0 saturated heterocycles. The number of benzene rings is 3. The van der Waals surface area contributed by atoms with Crippen LogP contribution in [0.1, 0.15) is 39.2 Å². The molecule has 0 aliphatic rings. The molecule has 3 aromatic rings. The number of hydrogen-bond acceptors (Lipinski definition) is 6. The van der Waals surface area contributed by atoms with Crippen LogP contribution in [0, 0.1) is 0 Å². The zero-order valence-corrected chi connectivity index (χ0v) is 27.1. The Kier molecular flexibility index (Phi) is 13.4. The summed E-state index contributed by atoms with van der Waals surface area (Å²) < 4.78 is 36.5. The van der Waals surface area contributed by atoms with Crippen LogP contribution in [-0.4, -0.2) is 61.4 Å². The minimum atomic E-state index is -2.77. The Morgan fingerprint density at radius 2 is 1.38 bits per heavy atom. The second kappa shape index (κ2) is 16.7. The molecule has 0 aromatic heterocycles. The van der Waals surface area contributed by atoms with E-state index in [0.29, 0.717) is 26.1 Å². The minimum absolute atomic E-state index is 0.115. The smallest absolute Gasteiger partial charge is 0.261 e. The molecule has 0 bridgehead atoms. The van der Waals surface area contributed by atoms with E-state index in [0.717, 1.165) is 11.3 Å². The van der Waals surface area contributed by atoms with E-state index < -0.39 is 8.32 Å². The van der Waals surface area contributed by atoms with Gasteiger partial charge >= 0.3 is 0 Å². The van der Waals surface area contributed by atoms with Gasteiger partial charge in [-0.3, -0.25) is 0 Å². The lowest BCUT2D eigenvalue weighted by atomic mass is 10.0. The maximum absolute atomic E-state index is 7.21. The van der Waals surface area contributed by atoms with Crippen LogP contribution >= 0.6 is 0 Å². The van der Waals surface area contributed by atoms with E-state index in [2.05, 4.69) is 75.9 Å². The van der Waals surface area contributed by atoms with Crippen molar-refractivity contribution in [1.82, 2.24) is 0 Å². The fraction of sp³-hybridized carbons (Fsp3) is 0.429. The van der Waals surface area contributed by atoms with E-state index in [1.807, 2.05) is 42.5 Å². The zero-order valence-electron chi connectivity index (χ0n) is 26.1. The van der Waals surface area contributed by atoms with Crippen LogP contribution < -0.4 is 15.1 Å². The topological polar surface area (TPSA) is 55.4 Å². The predicted molar refractivity (Wildman–Crippen MR) is 172 cm³/mol. The third kappa shape index (κ3) is 8.86. The first-order valence-electron chi connectivity index (χ1n) is 14.5. The predicted octanol–water partition coefficient (Wildman–Crippen LogP) is 6.13. The molecule has 0 N–H and O–H groups in total. The van der Waals surface area contributed by atoms with Gasteiger partial charge in [0.1, 0.15) is 18.6 Å². The van der Waals surface area contributed by atoms with Crippen molar-refractivity contribution in [3.05, 3.63) is 103 Å². The van der Waals surface area contributed by atoms with Gasteiger partial charge in [-0.1, -0.05) is 99.6 Å². The van der Waals surface area contributed by atoms with Crippen molar-refractivity contribution >= 4 is 18.7 Å². The van der Waals surface area contributed by atoms with Crippen molar-refractivity contribution in [1.29, 1.82) is 0 Å². The lowest BCUT2D eigenvalue weighted by molar-refractivity contribution is -0.142. The molecule has 3 atom stereocenters. The molecule has 0 unspecified atom stereocenters. The SMILES string of the molecule is C=CC[C@@H](C[C@@H](OC)[C@H](CO[Si](c1ccccc1)(c1ccccc1)C(C)(C)C)OCOC)OCc1ccc(OC)cc1. The summed E-state index contributed by atoms with van der Waals surface area (Å²) in [5, 5.41) is 2.28. The number of ether oxygens (including phenoxy) is 5. The molecule has 0 spiro atoms. The average Bonchev–Trinajstić information content (AvgIpc) is 3.01. The minimum Gasteiger partial charge on any atom is -0.497 e. The molecule has 0 heterocycles. The van der Waals surface area contributed by atoms with Crippen LogP contribution in [0.25, 0.3) is 0 Å². The molecular weight excluding hydrogens is 544 g/mol. The number of methoxy groups -OCH3 is 3. The van der Waals surface area contributed by atoms with Gasteiger partial charge in [-0.2, -0.15) is 0 Å². The molecule has 0 radical (unpaired) electrons. The van der Waals surface area contributed by atoms with Crippen molar-refractivity contribution in [3.8, 4) is 5.75 Å². The molecule has 0 aliphatic heterocycles. The molecule has 3 aromatic carbocycles. The van der Waals surface area contributed by atoms with Crippen molar-refractivity contribution in [2.45, 2.75) is 63.6 Å². The zero-order chi connectivity index (χ0) is 30.4. The summed E-state index contributed by atoms with van der Waals surface area (Å²) in [5.74, 6) is 0.819. The lowest BCUT2D eigenvalue weighted by Gasteiger charge is -2.44. The highest BCUT2D eigenvalue weighted by molar-refractivity contribution is 6.99. The Morgan fingerprint density at radius 3 is 1.86 bits per heavy atom. The second-order valence-corrected chi connectivity index (χ2v) is 15.7. The van der Waals surface area contributed by atoms with Gasteiger partial charge in [-0.05, 0) is 39.5 Å². The standard InChI is InChI=1S/C35H48O6Si/c1-8-15-30(39-25-28-20-22-29(37-6)23-21-28)24-33(38-7)34(40-27-36-5)26-41-42(35(2,3)4,31-16-11-9-12-17-31)32-18-13-10-14-19-32/h8-14,16-23,30,33-34H,1,15,24-27H2,2-7H3/t30-,33+,34-/m0/s1. The van der Waals surface area contributed by atoms with Gasteiger partial charge in [0.25, 0.3) is 8.32 Å². The van der Waals surface area contributed by atoms with E-state index in [4.69, 9.17) is 28.1 Å². The van der Waals surface area contributed by atoms with Crippen LogP contribution in [0.15, 0.2) is 97.6 Å². The van der Waals surface area contributed by atoms with Gasteiger partial charge < -0.3 is 28.1 Å². The quantitative estimate of drug-likeness (QED) is 0.101. The summed E-state index contributed by atoms with van der Waals surface area (Å²) in [5.41, 5.74) is 1.07. The van der Waals surface area contributed by atoms with Gasteiger partial charge in [0, 0.05) is 20.6 Å². The highest BCUT2D eigenvalue weighted by Gasteiger charge is 2.50. The van der Waals surface area contributed by atoms with Gasteiger partial charge in [0.2, 0.25) is 0 Å². The molecule has 42 heavy (non-hydrogen) atoms. The first kappa shape index (κ1) is 33.7. The third-order valence-electron chi connectivity index (χ3n) is 7.57. The summed E-state index contributed by atoms with van der Waals surface area (Å²) in [4.78, 5) is 0. The summed E-state index contributed by atoms with van der Waals surface area (Å²) in [7, 11) is 2.24. The first-order valence-corrected chi connectivity index (χ1v) is 16.4. The normalized spacial score (nSPS) is 14.2. The molecule has 7 heteroatoms. The van der Waals surface area contributed by atoms with E-state index in [-0.39, 0.29) is 30.1 Å². The Morgan fingerprint density at radius 1 is 0.786 bits per heavy atom. The van der Waals surface area contributed by atoms with Gasteiger partial charge in [-0.25, -0.2) is 0 Å². The largest absolute Gasteiger partial charge is 0.497 e. The van der Waals surface area contributed by atoms with Crippen molar-refractivity contribution in [2.75, 3.05) is 34.7 Å². The number of rotatable bonds is 18. The molecule has 0 saturated carbocycles. The summed E-state index contributed by atoms with van der Waals surface area (Å²) in [6, 6.07) is 29.1. The number of hydrogen-bond donors (Lipinski definition) is 0. The van der Waals surface area contributed by atoms with Crippen LogP contribution in [0.3, 0.4) is 0 Å². The molecular formula is C35H48O6Si. The van der Waals surface area contributed by atoms with Gasteiger partial charge in [0.05, 0.1) is 32.5 Å².